The van der Waals surface area contributed by atoms with Crippen molar-refractivity contribution in [1.82, 2.24) is 0 Å². The maximum absolute atomic E-state index is 14.0. The highest BCUT2D eigenvalue weighted by Crippen LogP contribution is 2.26. The van der Waals surface area contributed by atoms with E-state index in [1.807, 2.05) is 25.1 Å². The molecule has 1 nitrogen and oxygen atoms in total. The number of benzene rings is 2. The summed E-state index contributed by atoms with van der Waals surface area (Å²) in [6.07, 6.45) is 2.18. The number of ether oxygens (including phenoxy) is 1. The highest BCUT2D eigenvalue weighted by molar-refractivity contribution is 5.65. The summed E-state index contributed by atoms with van der Waals surface area (Å²) >= 11 is 0. The molecule has 0 saturated carbocycles. The minimum atomic E-state index is -0.241. The highest BCUT2D eigenvalue weighted by Gasteiger charge is 2.06. The summed E-state index contributed by atoms with van der Waals surface area (Å²) in [4.78, 5) is 0. The van der Waals surface area contributed by atoms with Crippen molar-refractivity contribution in [3.8, 4) is 16.9 Å². The normalized spacial score (nSPS) is 10.5. The molecular weight excluding hydrogens is 239 g/mol. The summed E-state index contributed by atoms with van der Waals surface area (Å²) in [5.74, 6) is 0.334. The molecule has 2 aromatic carbocycles. The van der Waals surface area contributed by atoms with Crippen LogP contribution in [0.3, 0.4) is 0 Å². The van der Waals surface area contributed by atoms with Gasteiger partial charge in [-0.2, -0.15) is 0 Å². The van der Waals surface area contributed by atoms with E-state index in [0.29, 0.717) is 17.9 Å². The topological polar surface area (TPSA) is 9.23 Å². The van der Waals surface area contributed by atoms with E-state index in [4.69, 9.17) is 4.74 Å². The minimum Gasteiger partial charge on any atom is -0.494 e. The van der Waals surface area contributed by atoms with Gasteiger partial charge < -0.3 is 4.74 Å². The second-order valence-electron chi connectivity index (χ2n) is 4.52. The number of halogens is 1. The van der Waals surface area contributed by atoms with Gasteiger partial charge in [-0.15, -0.1) is 0 Å². The molecule has 0 aliphatic heterocycles. The number of rotatable bonds is 5. The lowest BCUT2D eigenvalue weighted by Gasteiger charge is -2.08. The molecular formula is C17H19FO. The molecule has 100 valence electrons. The van der Waals surface area contributed by atoms with Crippen LogP contribution in [-0.2, 0) is 6.42 Å². The molecule has 2 heteroatoms. The first kappa shape index (κ1) is 13.6. The molecule has 2 rings (SSSR count). The van der Waals surface area contributed by atoms with Crippen LogP contribution < -0.4 is 4.74 Å². The highest BCUT2D eigenvalue weighted by atomic mass is 19.1. The average molecular weight is 258 g/mol. The van der Waals surface area contributed by atoms with Crippen LogP contribution in [0.4, 0.5) is 4.39 Å². The lowest BCUT2D eigenvalue weighted by molar-refractivity contribution is 0.338. The van der Waals surface area contributed by atoms with Crippen molar-refractivity contribution in [2.45, 2.75) is 26.7 Å². The van der Waals surface area contributed by atoms with Crippen LogP contribution in [0.2, 0.25) is 0 Å². The molecule has 0 N–H and O–H groups in total. The molecule has 0 unspecified atom stereocenters. The van der Waals surface area contributed by atoms with Crippen LogP contribution in [0.25, 0.3) is 11.1 Å². The maximum Gasteiger partial charge on any atom is 0.134 e. The number of hydrogen-bond acceptors (Lipinski definition) is 1. The Labute approximate surface area is 114 Å². The van der Waals surface area contributed by atoms with Crippen LogP contribution in [0.15, 0.2) is 42.5 Å². The Bertz CT molecular complexity index is 531. The van der Waals surface area contributed by atoms with Crippen LogP contribution in [-0.4, -0.2) is 6.61 Å². The van der Waals surface area contributed by atoms with Gasteiger partial charge in [-0.25, -0.2) is 4.39 Å². The van der Waals surface area contributed by atoms with Crippen molar-refractivity contribution in [2.24, 2.45) is 0 Å². The SMILES string of the molecule is CCCc1ccc(-c2ccc(OCC)cc2F)cc1. The third kappa shape index (κ3) is 3.34. The quantitative estimate of drug-likeness (QED) is 0.745. The molecule has 0 amide bonds. The summed E-state index contributed by atoms with van der Waals surface area (Å²) in [6, 6.07) is 13.1. The predicted octanol–water partition coefficient (Wildman–Crippen LogP) is 4.84. The summed E-state index contributed by atoms with van der Waals surface area (Å²) in [6.45, 7) is 4.59. The van der Waals surface area contributed by atoms with Crippen LogP contribution in [0, 0.1) is 5.82 Å². The Morgan fingerprint density at radius 1 is 1.00 bits per heavy atom. The van der Waals surface area contributed by atoms with Crippen molar-refractivity contribution >= 4 is 0 Å². The first-order chi connectivity index (χ1) is 9.24. The lowest BCUT2D eigenvalue weighted by atomic mass is 10.0. The molecule has 0 bridgehead atoms. The van der Waals surface area contributed by atoms with E-state index < -0.39 is 0 Å². The Morgan fingerprint density at radius 3 is 2.32 bits per heavy atom. The van der Waals surface area contributed by atoms with Crippen molar-refractivity contribution in [1.29, 1.82) is 0 Å². The van der Waals surface area contributed by atoms with E-state index >= 15 is 0 Å². The summed E-state index contributed by atoms with van der Waals surface area (Å²) in [5, 5.41) is 0. The van der Waals surface area contributed by atoms with Crippen molar-refractivity contribution < 1.29 is 9.13 Å². The smallest absolute Gasteiger partial charge is 0.134 e. The zero-order valence-corrected chi connectivity index (χ0v) is 11.4. The molecule has 0 fully saturated rings. The monoisotopic (exact) mass is 258 g/mol. The van der Waals surface area contributed by atoms with Gasteiger partial charge in [-0.05, 0) is 36.6 Å². The van der Waals surface area contributed by atoms with Gasteiger partial charge >= 0.3 is 0 Å². The molecule has 0 radical (unpaired) electrons. The average Bonchev–Trinajstić information content (AvgIpc) is 2.41. The van der Waals surface area contributed by atoms with Gasteiger partial charge in [0.05, 0.1) is 6.61 Å². The molecule has 0 heterocycles. The Hall–Kier alpha value is -1.83. The van der Waals surface area contributed by atoms with Gasteiger partial charge in [-0.1, -0.05) is 37.6 Å². The standard InChI is InChI=1S/C17H19FO/c1-3-5-13-6-8-14(9-7-13)16-11-10-15(19-4-2)12-17(16)18/h6-12H,3-5H2,1-2H3. The largest absolute Gasteiger partial charge is 0.494 e. The fourth-order valence-corrected chi connectivity index (χ4v) is 2.13. The van der Waals surface area contributed by atoms with Gasteiger partial charge in [0, 0.05) is 11.6 Å². The maximum atomic E-state index is 14.0. The van der Waals surface area contributed by atoms with Crippen LogP contribution in [0.5, 0.6) is 5.75 Å². The second kappa shape index (κ2) is 6.37. The van der Waals surface area contributed by atoms with E-state index in [0.717, 1.165) is 18.4 Å². The van der Waals surface area contributed by atoms with Crippen molar-refractivity contribution in [3.63, 3.8) is 0 Å². The predicted molar refractivity (Wildman–Crippen MR) is 77.0 cm³/mol. The molecule has 19 heavy (non-hydrogen) atoms. The zero-order valence-electron chi connectivity index (χ0n) is 11.4. The van der Waals surface area contributed by atoms with Gasteiger partial charge in [0.15, 0.2) is 0 Å². The molecule has 2 aromatic rings. The van der Waals surface area contributed by atoms with Crippen LogP contribution >= 0.6 is 0 Å². The molecule has 0 aliphatic carbocycles. The molecule has 0 atom stereocenters. The third-order valence-electron chi connectivity index (χ3n) is 3.06. The van der Waals surface area contributed by atoms with Gasteiger partial charge in [0.2, 0.25) is 0 Å². The van der Waals surface area contributed by atoms with Crippen molar-refractivity contribution in [3.05, 3.63) is 53.8 Å². The van der Waals surface area contributed by atoms with E-state index in [-0.39, 0.29) is 5.82 Å². The van der Waals surface area contributed by atoms with E-state index in [1.165, 1.54) is 11.6 Å². The third-order valence-corrected chi connectivity index (χ3v) is 3.06. The van der Waals surface area contributed by atoms with E-state index in [1.54, 1.807) is 6.07 Å². The lowest BCUT2D eigenvalue weighted by Crippen LogP contribution is -1.93. The fraction of sp³-hybridized carbons (Fsp3) is 0.294. The van der Waals surface area contributed by atoms with Crippen LogP contribution in [0.1, 0.15) is 25.8 Å². The zero-order chi connectivity index (χ0) is 13.7. The summed E-state index contributed by atoms with van der Waals surface area (Å²) in [5.41, 5.74) is 2.81. The second-order valence-corrected chi connectivity index (χ2v) is 4.52. The number of aryl methyl sites for hydroxylation is 1. The Balaban J connectivity index is 2.25. The summed E-state index contributed by atoms with van der Waals surface area (Å²) in [7, 11) is 0. The fourth-order valence-electron chi connectivity index (χ4n) is 2.13. The molecule has 0 spiro atoms. The van der Waals surface area contributed by atoms with Gasteiger partial charge in [-0.3, -0.25) is 0 Å². The first-order valence-corrected chi connectivity index (χ1v) is 6.76. The summed E-state index contributed by atoms with van der Waals surface area (Å²) < 4.78 is 19.3. The number of hydrogen-bond donors (Lipinski definition) is 0. The Kier molecular flexibility index (Phi) is 4.56. The van der Waals surface area contributed by atoms with Crippen molar-refractivity contribution in [2.75, 3.05) is 6.61 Å². The minimum absolute atomic E-state index is 0.241. The van der Waals surface area contributed by atoms with E-state index in [2.05, 4.69) is 19.1 Å². The molecule has 0 saturated heterocycles. The molecule has 0 aromatic heterocycles. The van der Waals surface area contributed by atoms with E-state index in [9.17, 15) is 4.39 Å². The Morgan fingerprint density at radius 2 is 1.74 bits per heavy atom. The molecule has 0 aliphatic rings. The van der Waals surface area contributed by atoms with Gasteiger partial charge in [0.1, 0.15) is 11.6 Å². The first-order valence-electron chi connectivity index (χ1n) is 6.76. The van der Waals surface area contributed by atoms with Gasteiger partial charge in [0.25, 0.3) is 0 Å².